The van der Waals surface area contributed by atoms with E-state index in [1.165, 1.54) is 29.7 Å². The van der Waals surface area contributed by atoms with Crippen LogP contribution in [-0.2, 0) is 6.54 Å². The number of hydrogen-bond acceptors (Lipinski definition) is 2. The topological polar surface area (TPSA) is 29.3 Å². The molecule has 0 fully saturated rings. The summed E-state index contributed by atoms with van der Waals surface area (Å²) in [5, 5.41) is 0. The van der Waals surface area contributed by atoms with Crippen molar-refractivity contribution in [3.8, 4) is 0 Å². The van der Waals surface area contributed by atoms with Gasteiger partial charge in [-0.25, -0.2) is 0 Å². The predicted octanol–water partition coefficient (Wildman–Crippen LogP) is 4.38. The molecule has 2 heteroatoms. The second-order valence-corrected chi connectivity index (χ2v) is 5.24. The summed E-state index contributed by atoms with van der Waals surface area (Å²) in [4.78, 5) is 2.44. The van der Waals surface area contributed by atoms with Gasteiger partial charge in [0.05, 0.1) is 0 Å². The molecule has 0 aliphatic rings. The number of rotatable bonds is 6. The van der Waals surface area contributed by atoms with E-state index in [1.807, 2.05) is 12.1 Å². The van der Waals surface area contributed by atoms with E-state index in [-0.39, 0.29) is 0 Å². The van der Waals surface area contributed by atoms with Crippen molar-refractivity contribution in [3.63, 3.8) is 0 Å². The summed E-state index contributed by atoms with van der Waals surface area (Å²) in [6, 6.07) is 16.8. The molecule has 0 saturated heterocycles. The zero-order valence-electron chi connectivity index (χ0n) is 12.5. The maximum atomic E-state index is 6.02. The molecule has 0 atom stereocenters. The Labute approximate surface area is 122 Å². The van der Waals surface area contributed by atoms with Crippen LogP contribution in [0, 0.1) is 6.92 Å². The van der Waals surface area contributed by atoms with Gasteiger partial charge in [0, 0.05) is 24.5 Å². The highest BCUT2D eigenvalue weighted by atomic mass is 15.1. The van der Waals surface area contributed by atoms with E-state index in [0.29, 0.717) is 0 Å². The Morgan fingerprint density at radius 3 is 2.45 bits per heavy atom. The van der Waals surface area contributed by atoms with E-state index in [0.717, 1.165) is 18.8 Å². The van der Waals surface area contributed by atoms with Crippen molar-refractivity contribution in [2.45, 2.75) is 33.2 Å². The van der Waals surface area contributed by atoms with Gasteiger partial charge in [0.2, 0.25) is 0 Å². The van der Waals surface area contributed by atoms with E-state index in [1.54, 1.807) is 0 Å². The van der Waals surface area contributed by atoms with E-state index in [2.05, 4.69) is 55.1 Å². The van der Waals surface area contributed by atoms with Crippen LogP contribution in [0.4, 0.5) is 11.4 Å². The minimum atomic E-state index is 0.881. The number of para-hydroxylation sites is 1. The van der Waals surface area contributed by atoms with Gasteiger partial charge in [0.15, 0.2) is 0 Å². The van der Waals surface area contributed by atoms with Crippen molar-refractivity contribution in [1.29, 1.82) is 0 Å². The molecule has 0 spiro atoms. The number of benzene rings is 2. The normalized spacial score (nSPS) is 10.5. The highest BCUT2D eigenvalue weighted by Gasteiger charge is 2.09. The van der Waals surface area contributed by atoms with Crippen LogP contribution in [0.25, 0.3) is 0 Å². The number of unbranched alkanes of at least 4 members (excludes halogenated alkanes) is 1. The molecule has 0 aliphatic carbocycles. The lowest BCUT2D eigenvalue weighted by Gasteiger charge is -2.26. The maximum absolute atomic E-state index is 6.02. The molecule has 106 valence electrons. The lowest BCUT2D eigenvalue weighted by molar-refractivity contribution is 0.714. The molecule has 0 amide bonds. The highest BCUT2D eigenvalue weighted by Crippen LogP contribution is 2.21. The van der Waals surface area contributed by atoms with Crippen molar-refractivity contribution in [2.24, 2.45) is 0 Å². The first-order chi connectivity index (χ1) is 9.72. The SMILES string of the molecule is CCCCN(Cc1cccc(N)c1C)c1ccccc1. The molecule has 2 aromatic carbocycles. The number of nitrogen functional groups attached to an aromatic ring is 1. The molecule has 0 aromatic heterocycles. The summed E-state index contributed by atoms with van der Waals surface area (Å²) in [5.74, 6) is 0. The van der Waals surface area contributed by atoms with Gasteiger partial charge in [-0.05, 0) is 42.7 Å². The van der Waals surface area contributed by atoms with Crippen LogP contribution in [0.15, 0.2) is 48.5 Å². The Hall–Kier alpha value is -1.96. The van der Waals surface area contributed by atoms with Gasteiger partial charge in [-0.1, -0.05) is 43.7 Å². The molecule has 0 aliphatic heterocycles. The molecule has 0 radical (unpaired) electrons. The second kappa shape index (κ2) is 6.99. The van der Waals surface area contributed by atoms with Crippen molar-refractivity contribution in [1.82, 2.24) is 0 Å². The van der Waals surface area contributed by atoms with E-state index in [4.69, 9.17) is 5.73 Å². The van der Waals surface area contributed by atoms with Crippen LogP contribution in [0.2, 0.25) is 0 Å². The van der Waals surface area contributed by atoms with Crippen LogP contribution in [0.3, 0.4) is 0 Å². The number of hydrogen-bond donors (Lipinski definition) is 1. The maximum Gasteiger partial charge on any atom is 0.0432 e. The first-order valence-corrected chi connectivity index (χ1v) is 7.36. The minimum absolute atomic E-state index is 0.881. The van der Waals surface area contributed by atoms with E-state index >= 15 is 0 Å². The number of nitrogens with zero attached hydrogens (tertiary/aromatic N) is 1. The van der Waals surface area contributed by atoms with E-state index in [9.17, 15) is 0 Å². The van der Waals surface area contributed by atoms with Crippen LogP contribution in [0.1, 0.15) is 30.9 Å². The molecule has 20 heavy (non-hydrogen) atoms. The zero-order chi connectivity index (χ0) is 14.4. The fourth-order valence-corrected chi connectivity index (χ4v) is 2.37. The molecule has 0 unspecified atom stereocenters. The van der Waals surface area contributed by atoms with Crippen molar-refractivity contribution in [3.05, 3.63) is 59.7 Å². The summed E-state index contributed by atoms with van der Waals surface area (Å²) in [6.07, 6.45) is 2.41. The molecule has 0 bridgehead atoms. The Balaban J connectivity index is 2.21. The monoisotopic (exact) mass is 268 g/mol. The summed E-state index contributed by atoms with van der Waals surface area (Å²) in [5.41, 5.74) is 10.7. The van der Waals surface area contributed by atoms with Crippen LogP contribution < -0.4 is 10.6 Å². The summed E-state index contributed by atoms with van der Waals surface area (Å²) >= 11 is 0. The first kappa shape index (κ1) is 14.4. The Morgan fingerprint density at radius 1 is 1.00 bits per heavy atom. The second-order valence-electron chi connectivity index (χ2n) is 5.24. The molecular weight excluding hydrogens is 244 g/mol. The fourth-order valence-electron chi connectivity index (χ4n) is 2.37. The lowest BCUT2D eigenvalue weighted by Crippen LogP contribution is -2.24. The Morgan fingerprint density at radius 2 is 1.75 bits per heavy atom. The smallest absolute Gasteiger partial charge is 0.0432 e. The minimum Gasteiger partial charge on any atom is -0.399 e. The van der Waals surface area contributed by atoms with Crippen LogP contribution in [-0.4, -0.2) is 6.54 Å². The lowest BCUT2D eigenvalue weighted by atomic mass is 10.1. The molecule has 0 saturated carbocycles. The van der Waals surface area contributed by atoms with Crippen molar-refractivity contribution in [2.75, 3.05) is 17.2 Å². The number of nitrogens with two attached hydrogens (primary N) is 1. The van der Waals surface area contributed by atoms with Crippen molar-refractivity contribution >= 4 is 11.4 Å². The quantitative estimate of drug-likeness (QED) is 0.788. The average Bonchev–Trinajstić information content (AvgIpc) is 2.48. The summed E-state index contributed by atoms with van der Waals surface area (Å²) in [7, 11) is 0. The van der Waals surface area contributed by atoms with Gasteiger partial charge in [-0.3, -0.25) is 0 Å². The van der Waals surface area contributed by atoms with Gasteiger partial charge in [-0.15, -0.1) is 0 Å². The van der Waals surface area contributed by atoms with Crippen LogP contribution >= 0.6 is 0 Å². The fraction of sp³-hybridized carbons (Fsp3) is 0.333. The molecule has 2 rings (SSSR count). The third-order valence-corrected chi connectivity index (χ3v) is 3.75. The van der Waals surface area contributed by atoms with Crippen molar-refractivity contribution < 1.29 is 0 Å². The number of anilines is 2. The largest absolute Gasteiger partial charge is 0.399 e. The third kappa shape index (κ3) is 3.53. The van der Waals surface area contributed by atoms with Gasteiger partial charge in [0.25, 0.3) is 0 Å². The molecule has 2 aromatic rings. The molecular formula is C18H24N2. The Bertz CT molecular complexity index is 534. The summed E-state index contributed by atoms with van der Waals surface area (Å²) in [6.45, 7) is 6.33. The first-order valence-electron chi connectivity index (χ1n) is 7.36. The van der Waals surface area contributed by atoms with Gasteiger partial charge < -0.3 is 10.6 Å². The molecule has 2 nitrogen and oxygen atoms in total. The van der Waals surface area contributed by atoms with Crippen LogP contribution in [0.5, 0.6) is 0 Å². The molecule has 0 heterocycles. The average molecular weight is 268 g/mol. The van der Waals surface area contributed by atoms with Gasteiger partial charge >= 0.3 is 0 Å². The van der Waals surface area contributed by atoms with E-state index < -0.39 is 0 Å². The standard InChI is InChI=1S/C18H24N2/c1-3-4-13-20(17-10-6-5-7-11-17)14-16-9-8-12-18(19)15(16)2/h5-12H,3-4,13-14,19H2,1-2H3. The highest BCUT2D eigenvalue weighted by molar-refractivity contribution is 5.53. The molecule has 2 N–H and O–H groups in total. The Kier molecular flexibility index (Phi) is 5.05. The van der Waals surface area contributed by atoms with Gasteiger partial charge in [0.1, 0.15) is 0 Å². The van der Waals surface area contributed by atoms with Gasteiger partial charge in [-0.2, -0.15) is 0 Å². The third-order valence-electron chi connectivity index (χ3n) is 3.75. The summed E-state index contributed by atoms with van der Waals surface area (Å²) < 4.78 is 0. The predicted molar refractivity (Wildman–Crippen MR) is 88.0 cm³/mol. The zero-order valence-corrected chi connectivity index (χ0v) is 12.5.